The van der Waals surface area contributed by atoms with E-state index in [0.29, 0.717) is 0 Å². The summed E-state index contributed by atoms with van der Waals surface area (Å²) in [5, 5.41) is 8.15. The van der Waals surface area contributed by atoms with Crippen LogP contribution in [0.25, 0.3) is 0 Å². The minimum Gasteiger partial charge on any atom is -0.323 e. The van der Waals surface area contributed by atoms with Crippen molar-refractivity contribution in [3.63, 3.8) is 0 Å². The average molecular weight is 166 g/mol. The van der Waals surface area contributed by atoms with Gasteiger partial charge in [-0.25, -0.2) is 4.68 Å². The SMILES string of the molecule is CCn1nnc2c1CCCC2N. The fraction of sp³-hybridized carbons (Fsp3) is 0.750. The van der Waals surface area contributed by atoms with Crippen LogP contribution in [0.5, 0.6) is 0 Å². The van der Waals surface area contributed by atoms with Crippen molar-refractivity contribution in [3.05, 3.63) is 11.4 Å². The van der Waals surface area contributed by atoms with Gasteiger partial charge in [-0.15, -0.1) is 5.10 Å². The van der Waals surface area contributed by atoms with E-state index in [1.54, 1.807) is 0 Å². The quantitative estimate of drug-likeness (QED) is 0.666. The molecule has 1 heterocycles. The molecule has 0 radical (unpaired) electrons. The molecule has 4 nitrogen and oxygen atoms in total. The second kappa shape index (κ2) is 2.86. The molecule has 66 valence electrons. The molecule has 0 aromatic carbocycles. The molecule has 2 N–H and O–H groups in total. The number of rotatable bonds is 1. The van der Waals surface area contributed by atoms with Gasteiger partial charge < -0.3 is 5.73 Å². The van der Waals surface area contributed by atoms with Crippen LogP contribution in [0.2, 0.25) is 0 Å². The Morgan fingerprint density at radius 2 is 2.50 bits per heavy atom. The van der Waals surface area contributed by atoms with Gasteiger partial charge in [0.2, 0.25) is 0 Å². The van der Waals surface area contributed by atoms with Crippen LogP contribution in [0.1, 0.15) is 37.2 Å². The average Bonchev–Trinajstić information content (AvgIpc) is 2.49. The summed E-state index contributed by atoms with van der Waals surface area (Å²) in [7, 11) is 0. The molecule has 1 unspecified atom stereocenters. The van der Waals surface area contributed by atoms with Crippen molar-refractivity contribution in [1.29, 1.82) is 0 Å². The summed E-state index contributed by atoms with van der Waals surface area (Å²) in [6.07, 6.45) is 3.31. The van der Waals surface area contributed by atoms with Crippen LogP contribution >= 0.6 is 0 Å². The second-order valence-electron chi connectivity index (χ2n) is 3.24. The number of hydrogen-bond acceptors (Lipinski definition) is 3. The Bertz CT molecular complexity index is 279. The summed E-state index contributed by atoms with van der Waals surface area (Å²) in [6, 6.07) is 0.119. The van der Waals surface area contributed by atoms with Gasteiger partial charge in [0.1, 0.15) is 5.69 Å². The maximum Gasteiger partial charge on any atom is 0.103 e. The molecule has 0 amide bonds. The van der Waals surface area contributed by atoms with E-state index in [4.69, 9.17) is 5.73 Å². The summed E-state index contributed by atoms with van der Waals surface area (Å²) in [6.45, 7) is 2.98. The van der Waals surface area contributed by atoms with Gasteiger partial charge >= 0.3 is 0 Å². The maximum absolute atomic E-state index is 5.90. The van der Waals surface area contributed by atoms with Crippen molar-refractivity contribution in [3.8, 4) is 0 Å². The Morgan fingerprint density at radius 3 is 3.25 bits per heavy atom. The van der Waals surface area contributed by atoms with Crippen LogP contribution in [0.15, 0.2) is 0 Å². The molecule has 2 rings (SSSR count). The predicted octanol–water partition coefficient (Wildman–Crippen LogP) is 0.634. The molecule has 0 aliphatic heterocycles. The first-order valence-corrected chi connectivity index (χ1v) is 4.50. The van der Waals surface area contributed by atoms with Crippen molar-refractivity contribution < 1.29 is 0 Å². The molecule has 1 aliphatic carbocycles. The fourth-order valence-corrected chi connectivity index (χ4v) is 1.77. The number of fused-ring (bicyclic) bond motifs is 1. The van der Waals surface area contributed by atoms with Crippen LogP contribution in [-0.2, 0) is 13.0 Å². The van der Waals surface area contributed by atoms with Gasteiger partial charge in [-0.2, -0.15) is 0 Å². The van der Waals surface area contributed by atoms with E-state index in [1.807, 2.05) is 4.68 Å². The number of hydrogen-bond donors (Lipinski definition) is 1. The van der Waals surface area contributed by atoms with Gasteiger partial charge in [-0.3, -0.25) is 0 Å². The zero-order valence-electron chi connectivity index (χ0n) is 7.32. The third-order valence-electron chi connectivity index (χ3n) is 2.45. The highest BCUT2D eigenvalue weighted by Crippen LogP contribution is 2.25. The third-order valence-corrected chi connectivity index (χ3v) is 2.45. The monoisotopic (exact) mass is 166 g/mol. The molecule has 4 heteroatoms. The van der Waals surface area contributed by atoms with Crippen molar-refractivity contribution in [2.75, 3.05) is 0 Å². The van der Waals surface area contributed by atoms with Crippen LogP contribution in [-0.4, -0.2) is 15.0 Å². The van der Waals surface area contributed by atoms with Crippen LogP contribution in [0.4, 0.5) is 0 Å². The smallest absolute Gasteiger partial charge is 0.103 e. The van der Waals surface area contributed by atoms with Crippen LogP contribution in [0, 0.1) is 0 Å². The van der Waals surface area contributed by atoms with Gasteiger partial charge in [-0.1, -0.05) is 5.21 Å². The first-order chi connectivity index (χ1) is 5.83. The summed E-state index contributed by atoms with van der Waals surface area (Å²) in [4.78, 5) is 0. The standard InChI is InChI=1S/C8H14N4/c1-2-12-7-5-3-4-6(9)8(7)10-11-12/h6H,2-5,9H2,1H3. The van der Waals surface area contributed by atoms with E-state index in [2.05, 4.69) is 17.2 Å². The minimum atomic E-state index is 0.119. The molecule has 1 atom stereocenters. The molecule has 0 fully saturated rings. The second-order valence-corrected chi connectivity index (χ2v) is 3.24. The zero-order chi connectivity index (χ0) is 8.55. The van der Waals surface area contributed by atoms with E-state index in [9.17, 15) is 0 Å². The van der Waals surface area contributed by atoms with Crippen molar-refractivity contribution in [2.45, 2.75) is 38.8 Å². The lowest BCUT2D eigenvalue weighted by Gasteiger charge is -2.16. The first-order valence-electron chi connectivity index (χ1n) is 4.50. The zero-order valence-corrected chi connectivity index (χ0v) is 7.32. The lowest BCUT2D eigenvalue weighted by Crippen LogP contribution is -2.18. The summed E-state index contributed by atoms with van der Waals surface area (Å²) < 4.78 is 1.95. The van der Waals surface area contributed by atoms with Crippen LogP contribution in [0.3, 0.4) is 0 Å². The van der Waals surface area contributed by atoms with E-state index in [-0.39, 0.29) is 6.04 Å². The predicted molar refractivity (Wildman–Crippen MR) is 45.6 cm³/mol. The highest BCUT2D eigenvalue weighted by atomic mass is 15.4. The number of nitrogens with two attached hydrogens (primary N) is 1. The van der Waals surface area contributed by atoms with Gasteiger partial charge in [-0.05, 0) is 26.2 Å². The van der Waals surface area contributed by atoms with Gasteiger partial charge in [0.15, 0.2) is 0 Å². The van der Waals surface area contributed by atoms with Crippen molar-refractivity contribution in [2.24, 2.45) is 5.73 Å². The van der Waals surface area contributed by atoms with Crippen molar-refractivity contribution in [1.82, 2.24) is 15.0 Å². The third kappa shape index (κ3) is 1.03. The Morgan fingerprint density at radius 1 is 1.67 bits per heavy atom. The number of aromatic nitrogens is 3. The van der Waals surface area contributed by atoms with Gasteiger partial charge in [0, 0.05) is 6.54 Å². The number of nitrogens with zero attached hydrogens (tertiary/aromatic N) is 3. The molecular formula is C8H14N4. The van der Waals surface area contributed by atoms with E-state index < -0.39 is 0 Å². The molecule has 0 saturated heterocycles. The molecule has 1 aromatic rings. The Balaban J connectivity index is 2.41. The van der Waals surface area contributed by atoms with E-state index >= 15 is 0 Å². The van der Waals surface area contributed by atoms with E-state index in [1.165, 1.54) is 12.1 Å². The topological polar surface area (TPSA) is 56.7 Å². The Hall–Kier alpha value is -0.900. The van der Waals surface area contributed by atoms with Crippen LogP contribution < -0.4 is 5.73 Å². The molecule has 12 heavy (non-hydrogen) atoms. The lowest BCUT2D eigenvalue weighted by molar-refractivity contribution is 0.531. The summed E-state index contributed by atoms with van der Waals surface area (Å²) in [5.74, 6) is 0. The molecule has 0 saturated carbocycles. The van der Waals surface area contributed by atoms with Crippen molar-refractivity contribution >= 4 is 0 Å². The highest BCUT2D eigenvalue weighted by Gasteiger charge is 2.22. The first kappa shape index (κ1) is 7.73. The molecule has 0 spiro atoms. The summed E-state index contributed by atoms with van der Waals surface area (Å²) in [5.41, 5.74) is 8.16. The largest absolute Gasteiger partial charge is 0.323 e. The summed E-state index contributed by atoms with van der Waals surface area (Å²) >= 11 is 0. The molecule has 1 aromatic heterocycles. The lowest BCUT2D eigenvalue weighted by atomic mass is 9.97. The van der Waals surface area contributed by atoms with Gasteiger partial charge in [0.05, 0.1) is 11.7 Å². The van der Waals surface area contributed by atoms with E-state index in [0.717, 1.165) is 25.1 Å². The van der Waals surface area contributed by atoms with Gasteiger partial charge in [0.25, 0.3) is 0 Å². The fourth-order valence-electron chi connectivity index (χ4n) is 1.77. The Kier molecular flexibility index (Phi) is 1.84. The number of aryl methyl sites for hydroxylation is 1. The molecule has 1 aliphatic rings. The normalized spacial score (nSPS) is 22.3. The minimum absolute atomic E-state index is 0.119. The highest BCUT2D eigenvalue weighted by molar-refractivity contribution is 5.17. The Labute approximate surface area is 71.8 Å². The molecule has 0 bridgehead atoms. The maximum atomic E-state index is 5.90. The molecular weight excluding hydrogens is 152 g/mol.